The van der Waals surface area contributed by atoms with E-state index in [0.717, 1.165) is 4.88 Å². The van der Waals surface area contributed by atoms with Gasteiger partial charge in [-0.3, -0.25) is 0 Å². The fourth-order valence-electron chi connectivity index (χ4n) is 1.73. The number of nitrogens with one attached hydrogen (secondary N) is 1. The highest BCUT2D eigenvalue weighted by atomic mass is 35.5. The Labute approximate surface area is 130 Å². The molecule has 0 amide bonds. The van der Waals surface area contributed by atoms with Crippen LogP contribution in [0.25, 0.3) is 0 Å². The van der Waals surface area contributed by atoms with Crippen LogP contribution >= 0.6 is 22.9 Å². The van der Waals surface area contributed by atoms with Crippen molar-refractivity contribution in [3.05, 3.63) is 39.3 Å². The van der Waals surface area contributed by atoms with E-state index < -0.39 is 13.1 Å². The Morgan fingerprint density at radius 1 is 1.52 bits per heavy atom. The zero-order chi connectivity index (χ0) is 15.4. The molecule has 1 aromatic heterocycles. The van der Waals surface area contributed by atoms with Gasteiger partial charge in [0, 0.05) is 22.2 Å². The zero-order valence-electron chi connectivity index (χ0n) is 11.0. The molecular weight excluding hydrogens is 314 g/mol. The summed E-state index contributed by atoms with van der Waals surface area (Å²) >= 11 is 7.06. The fourth-order valence-corrected chi connectivity index (χ4v) is 2.64. The van der Waals surface area contributed by atoms with E-state index in [4.69, 9.17) is 11.6 Å². The number of nitrogens with zero attached hydrogens (tertiary/aromatic N) is 1. The first-order valence-corrected chi connectivity index (χ1v) is 7.13. The second-order valence-electron chi connectivity index (χ2n) is 4.10. The number of thiazole rings is 1. The Hall–Kier alpha value is -1.61. The predicted octanol–water partition coefficient (Wildman–Crippen LogP) is 0.875. The normalized spacial score (nSPS) is 10.3. The molecule has 2 aromatic rings. The molecule has 0 saturated carbocycles. The van der Waals surface area contributed by atoms with Crippen LogP contribution in [0.3, 0.4) is 0 Å². The average Bonchev–Trinajstić information content (AvgIpc) is 2.89. The first-order valence-electron chi connectivity index (χ1n) is 5.93. The molecule has 0 radical (unpaired) electrons. The van der Waals surface area contributed by atoms with E-state index in [0.29, 0.717) is 22.3 Å². The average molecular weight is 327 g/mol. The van der Waals surface area contributed by atoms with Gasteiger partial charge in [-0.2, -0.15) is 0 Å². The number of carbonyl (C=O) groups excluding carboxylic acids is 1. The fraction of sp³-hybridized carbons (Fsp3) is 0.167. The number of hydrogen-bond acceptors (Lipinski definition) is 7. The van der Waals surface area contributed by atoms with Crippen molar-refractivity contribution in [2.24, 2.45) is 0 Å². The third kappa shape index (κ3) is 3.95. The number of esters is 1. The molecule has 1 aromatic carbocycles. The van der Waals surface area contributed by atoms with Crippen molar-refractivity contribution in [2.75, 3.05) is 12.4 Å². The minimum absolute atomic E-state index is 0.262. The summed E-state index contributed by atoms with van der Waals surface area (Å²) in [6.45, 7) is 0.398. The molecule has 0 unspecified atom stereocenters. The Kier molecular flexibility index (Phi) is 5.19. The third-order valence-corrected chi connectivity index (χ3v) is 3.85. The molecule has 21 heavy (non-hydrogen) atoms. The van der Waals surface area contributed by atoms with Gasteiger partial charge in [-0.15, -0.1) is 11.3 Å². The molecule has 3 N–H and O–H groups in total. The van der Waals surface area contributed by atoms with Crippen LogP contribution < -0.4 is 10.8 Å². The summed E-state index contributed by atoms with van der Waals surface area (Å²) in [6, 6.07) is 4.43. The first kappa shape index (κ1) is 15.8. The lowest BCUT2D eigenvalue weighted by Crippen LogP contribution is -2.32. The van der Waals surface area contributed by atoms with Crippen molar-refractivity contribution in [1.29, 1.82) is 0 Å². The van der Waals surface area contributed by atoms with Gasteiger partial charge in [0.15, 0.2) is 4.47 Å². The van der Waals surface area contributed by atoms with Gasteiger partial charge < -0.3 is 20.1 Å². The Morgan fingerprint density at radius 2 is 2.29 bits per heavy atom. The van der Waals surface area contributed by atoms with Gasteiger partial charge in [-0.1, -0.05) is 17.7 Å². The number of halogens is 1. The highest BCUT2D eigenvalue weighted by Crippen LogP contribution is 2.19. The van der Waals surface area contributed by atoms with Gasteiger partial charge in [0.25, 0.3) is 0 Å². The molecule has 0 fully saturated rings. The summed E-state index contributed by atoms with van der Waals surface area (Å²) in [6.07, 6.45) is 1.62. The molecule has 1 heterocycles. The molecule has 0 bridgehead atoms. The molecule has 0 aliphatic rings. The monoisotopic (exact) mass is 326 g/mol. The Balaban J connectivity index is 2.23. The second-order valence-corrected chi connectivity index (χ2v) is 5.80. The molecule has 9 heteroatoms. The van der Waals surface area contributed by atoms with Gasteiger partial charge in [-0.05, 0) is 12.1 Å². The quantitative estimate of drug-likeness (QED) is 0.558. The smallest absolute Gasteiger partial charge is 0.465 e. The second kappa shape index (κ2) is 6.90. The predicted molar refractivity (Wildman–Crippen MR) is 82.1 cm³/mol. The molecule has 2 rings (SSSR count). The van der Waals surface area contributed by atoms with E-state index in [1.807, 2.05) is 0 Å². The lowest BCUT2D eigenvalue weighted by atomic mass is 9.78. The summed E-state index contributed by atoms with van der Waals surface area (Å²) in [7, 11) is -0.368. The molecule has 0 aliphatic heterocycles. The minimum Gasteiger partial charge on any atom is -0.465 e. The molecule has 0 atom stereocenters. The Bertz CT molecular complexity index is 650. The van der Waals surface area contributed by atoms with Gasteiger partial charge in [0.1, 0.15) is 0 Å². The van der Waals surface area contributed by atoms with Crippen LogP contribution in [0.4, 0.5) is 5.69 Å². The maximum atomic E-state index is 11.5. The molecule has 110 valence electrons. The van der Waals surface area contributed by atoms with Crippen molar-refractivity contribution < 1.29 is 19.6 Å². The number of ether oxygens (including phenoxy) is 1. The number of benzene rings is 1. The first-order chi connectivity index (χ1) is 10.0. The van der Waals surface area contributed by atoms with Crippen molar-refractivity contribution in [2.45, 2.75) is 6.54 Å². The van der Waals surface area contributed by atoms with Gasteiger partial charge in [-0.25, -0.2) is 9.78 Å². The lowest BCUT2D eigenvalue weighted by molar-refractivity contribution is 0.0601. The van der Waals surface area contributed by atoms with Crippen molar-refractivity contribution in [3.63, 3.8) is 0 Å². The molecular formula is C12H12BClN2O4S. The maximum absolute atomic E-state index is 11.5. The van der Waals surface area contributed by atoms with Gasteiger partial charge in [0.2, 0.25) is 0 Å². The van der Waals surface area contributed by atoms with E-state index in [-0.39, 0.29) is 5.46 Å². The standard InChI is InChI=1S/C12H12BClN2O4S/c1-20-11(17)7-2-3-9(13(18)19)10(4-7)15-5-8-6-16-12(14)21-8/h2-4,6,15,18-19H,5H2,1H3. The zero-order valence-corrected chi connectivity index (χ0v) is 12.6. The van der Waals surface area contributed by atoms with Crippen molar-refractivity contribution in [1.82, 2.24) is 4.98 Å². The highest BCUT2D eigenvalue weighted by Gasteiger charge is 2.18. The molecule has 6 nitrogen and oxygen atoms in total. The number of carbonyl (C=O) groups is 1. The van der Waals surface area contributed by atoms with Crippen LogP contribution in [0.5, 0.6) is 0 Å². The summed E-state index contributed by atoms with van der Waals surface area (Å²) in [5.41, 5.74) is 1.00. The van der Waals surface area contributed by atoms with Crippen LogP contribution in [0.1, 0.15) is 15.2 Å². The van der Waals surface area contributed by atoms with E-state index in [2.05, 4.69) is 15.0 Å². The summed E-state index contributed by atoms with van der Waals surface area (Å²) in [4.78, 5) is 16.3. The highest BCUT2D eigenvalue weighted by molar-refractivity contribution is 7.15. The summed E-state index contributed by atoms with van der Waals surface area (Å²) < 4.78 is 5.07. The Morgan fingerprint density at radius 3 is 2.86 bits per heavy atom. The van der Waals surface area contributed by atoms with E-state index >= 15 is 0 Å². The van der Waals surface area contributed by atoms with Crippen molar-refractivity contribution >= 4 is 47.2 Å². The SMILES string of the molecule is COC(=O)c1ccc(B(O)O)c(NCc2cnc(Cl)s2)c1. The molecule has 0 spiro atoms. The number of methoxy groups -OCH3 is 1. The number of anilines is 1. The van der Waals surface area contributed by atoms with Crippen LogP contribution in [0.2, 0.25) is 4.47 Å². The minimum atomic E-state index is -1.65. The lowest BCUT2D eigenvalue weighted by Gasteiger charge is -2.12. The van der Waals surface area contributed by atoms with Crippen LogP contribution in [-0.2, 0) is 11.3 Å². The summed E-state index contributed by atoms with van der Waals surface area (Å²) in [5, 5.41) is 21.7. The van der Waals surface area contributed by atoms with E-state index in [1.165, 1.54) is 36.6 Å². The number of rotatable bonds is 5. The van der Waals surface area contributed by atoms with Gasteiger partial charge >= 0.3 is 13.1 Å². The van der Waals surface area contributed by atoms with Gasteiger partial charge in [0.05, 0.1) is 19.2 Å². The van der Waals surface area contributed by atoms with Crippen LogP contribution in [0, 0.1) is 0 Å². The molecule has 0 saturated heterocycles. The van der Waals surface area contributed by atoms with E-state index in [1.54, 1.807) is 6.20 Å². The largest absolute Gasteiger partial charge is 0.490 e. The van der Waals surface area contributed by atoms with E-state index in [9.17, 15) is 14.8 Å². The van der Waals surface area contributed by atoms with Crippen molar-refractivity contribution in [3.8, 4) is 0 Å². The molecule has 0 aliphatic carbocycles. The van der Waals surface area contributed by atoms with Crippen LogP contribution in [-0.4, -0.2) is 35.2 Å². The number of hydrogen-bond donors (Lipinski definition) is 3. The number of aromatic nitrogens is 1. The summed E-state index contributed by atoms with van der Waals surface area (Å²) in [5.74, 6) is -0.502. The third-order valence-electron chi connectivity index (χ3n) is 2.73. The van der Waals surface area contributed by atoms with Crippen LogP contribution in [0.15, 0.2) is 24.4 Å². The maximum Gasteiger partial charge on any atom is 0.490 e. The topological polar surface area (TPSA) is 91.7 Å².